The van der Waals surface area contributed by atoms with Crippen LogP contribution in [0.15, 0.2) is 18.2 Å². The summed E-state index contributed by atoms with van der Waals surface area (Å²) in [5.41, 5.74) is 0.573. The van der Waals surface area contributed by atoms with E-state index in [1.807, 2.05) is 0 Å². The molecule has 18 heavy (non-hydrogen) atoms. The van der Waals surface area contributed by atoms with E-state index < -0.39 is 0 Å². The molecule has 0 unspecified atom stereocenters. The van der Waals surface area contributed by atoms with E-state index in [-0.39, 0.29) is 12.2 Å². The van der Waals surface area contributed by atoms with Crippen molar-refractivity contribution in [2.45, 2.75) is 37.9 Å². The highest BCUT2D eigenvalue weighted by atomic mass is 35.5. The number of ether oxygens (including phenoxy) is 1. The highest BCUT2D eigenvalue weighted by molar-refractivity contribution is 6.31. The molecule has 1 aromatic carbocycles. The summed E-state index contributed by atoms with van der Waals surface area (Å²) in [5, 5.41) is 12.6. The molecule has 2 N–H and O–H groups in total. The van der Waals surface area contributed by atoms with Crippen LogP contribution in [-0.4, -0.2) is 23.7 Å². The van der Waals surface area contributed by atoms with Crippen molar-refractivity contribution >= 4 is 23.7 Å². The van der Waals surface area contributed by atoms with Gasteiger partial charge in [0.05, 0.1) is 17.9 Å². The number of anilines is 1. The molecule has 1 aliphatic rings. The van der Waals surface area contributed by atoms with E-state index in [1.54, 1.807) is 18.2 Å². The second kappa shape index (κ2) is 6.07. The Morgan fingerprint density at radius 1 is 1.33 bits per heavy atom. The van der Waals surface area contributed by atoms with Gasteiger partial charge in [0, 0.05) is 5.02 Å². The van der Waals surface area contributed by atoms with Gasteiger partial charge in [-0.1, -0.05) is 11.6 Å². The zero-order valence-corrected chi connectivity index (χ0v) is 10.7. The molecule has 1 amide bonds. The van der Waals surface area contributed by atoms with Gasteiger partial charge in [0.2, 0.25) is 6.41 Å². The lowest BCUT2D eigenvalue weighted by molar-refractivity contribution is -0.105. The molecule has 0 atom stereocenters. The average Bonchev–Trinajstić information content (AvgIpc) is 2.36. The topological polar surface area (TPSA) is 58.6 Å². The maximum atomic E-state index is 10.5. The summed E-state index contributed by atoms with van der Waals surface area (Å²) in [6.45, 7) is 0. The van der Waals surface area contributed by atoms with Gasteiger partial charge in [-0.3, -0.25) is 4.79 Å². The van der Waals surface area contributed by atoms with Crippen LogP contribution >= 0.6 is 11.6 Å². The van der Waals surface area contributed by atoms with Crippen molar-refractivity contribution in [3.8, 4) is 5.75 Å². The third-order valence-electron chi connectivity index (χ3n) is 3.09. The van der Waals surface area contributed by atoms with Crippen LogP contribution in [-0.2, 0) is 4.79 Å². The molecule has 0 aliphatic heterocycles. The molecule has 0 heterocycles. The van der Waals surface area contributed by atoms with E-state index in [1.165, 1.54) is 0 Å². The van der Waals surface area contributed by atoms with E-state index in [4.69, 9.17) is 16.3 Å². The van der Waals surface area contributed by atoms with Crippen molar-refractivity contribution in [2.24, 2.45) is 0 Å². The van der Waals surface area contributed by atoms with Crippen molar-refractivity contribution in [3.63, 3.8) is 0 Å². The number of amides is 1. The number of carbonyl (C=O) groups is 1. The molecule has 5 heteroatoms. The fraction of sp³-hybridized carbons (Fsp3) is 0.462. The summed E-state index contributed by atoms with van der Waals surface area (Å²) < 4.78 is 5.85. The summed E-state index contributed by atoms with van der Waals surface area (Å²) in [6.07, 6.45) is 3.64. The van der Waals surface area contributed by atoms with Crippen LogP contribution in [0.25, 0.3) is 0 Å². The highest BCUT2D eigenvalue weighted by Gasteiger charge is 2.21. The van der Waals surface area contributed by atoms with Crippen molar-refractivity contribution < 1.29 is 14.6 Å². The van der Waals surface area contributed by atoms with Gasteiger partial charge in [-0.2, -0.15) is 0 Å². The number of aliphatic hydroxyl groups excluding tert-OH is 1. The van der Waals surface area contributed by atoms with E-state index in [0.717, 1.165) is 25.7 Å². The quantitative estimate of drug-likeness (QED) is 0.826. The minimum Gasteiger partial charge on any atom is -0.488 e. The van der Waals surface area contributed by atoms with Gasteiger partial charge in [0.15, 0.2) is 0 Å². The maximum absolute atomic E-state index is 10.5. The molecule has 0 spiro atoms. The highest BCUT2D eigenvalue weighted by Crippen LogP contribution is 2.31. The third-order valence-corrected chi connectivity index (χ3v) is 3.33. The molecule has 1 aliphatic carbocycles. The van der Waals surface area contributed by atoms with Crippen LogP contribution in [0.1, 0.15) is 25.7 Å². The zero-order valence-electron chi connectivity index (χ0n) is 9.93. The van der Waals surface area contributed by atoms with Crippen LogP contribution in [0.5, 0.6) is 5.75 Å². The average molecular weight is 270 g/mol. The standard InChI is InChI=1S/C13H16ClNO3/c14-9-1-6-13(12(7-9)15-8-16)18-11-4-2-10(17)3-5-11/h1,6-8,10-11,17H,2-5H2,(H,15,16). The van der Waals surface area contributed by atoms with E-state index >= 15 is 0 Å². The molecule has 0 bridgehead atoms. The van der Waals surface area contributed by atoms with Crippen molar-refractivity contribution in [1.82, 2.24) is 0 Å². The Bertz CT molecular complexity index is 417. The van der Waals surface area contributed by atoms with Crippen LogP contribution in [0.4, 0.5) is 5.69 Å². The molecule has 1 saturated carbocycles. The van der Waals surface area contributed by atoms with Crippen LogP contribution in [0.2, 0.25) is 5.02 Å². The first kappa shape index (κ1) is 13.2. The summed E-state index contributed by atoms with van der Waals surface area (Å²) in [7, 11) is 0. The Labute approximate surface area is 111 Å². The number of rotatable bonds is 4. The largest absolute Gasteiger partial charge is 0.488 e. The van der Waals surface area contributed by atoms with Gasteiger partial charge >= 0.3 is 0 Å². The molecule has 2 rings (SSSR count). The molecule has 98 valence electrons. The SMILES string of the molecule is O=CNc1cc(Cl)ccc1OC1CCC(O)CC1. The molecule has 4 nitrogen and oxygen atoms in total. The van der Waals surface area contributed by atoms with E-state index in [2.05, 4.69) is 5.32 Å². The molecule has 0 saturated heterocycles. The first-order valence-corrected chi connectivity index (χ1v) is 6.41. The number of hydrogen-bond donors (Lipinski definition) is 2. The van der Waals surface area contributed by atoms with Gasteiger partial charge in [-0.05, 0) is 43.9 Å². The number of hydrogen-bond acceptors (Lipinski definition) is 3. The molecule has 1 fully saturated rings. The number of aliphatic hydroxyl groups is 1. The van der Waals surface area contributed by atoms with Crippen molar-refractivity contribution in [3.05, 3.63) is 23.2 Å². The smallest absolute Gasteiger partial charge is 0.211 e. The second-order valence-electron chi connectivity index (χ2n) is 4.45. The number of nitrogens with one attached hydrogen (secondary N) is 1. The Morgan fingerprint density at radius 3 is 2.72 bits per heavy atom. The number of halogens is 1. The third kappa shape index (κ3) is 3.37. The Balaban J connectivity index is 2.06. The van der Waals surface area contributed by atoms with Crippen molar-refractivity contribution in [2.75, 3.05) is 5.32 Å². The molecular weight excluding hydrogens is 254 g/mol. The second-order valence-corrected chi connectivity index (χ2v) is 4.89. The van der Waals surface area contributed by atoms with Gasteiger partial charge in [-0.25, -0.2) is 0 Å². The Hall–Kier alpha value is -1.26. The molecule has 1 aromatic rings. The van der Waals surface area contributed by atoms with Gasteiger partial charge in [0.25, 0.3) is 0 Å². The monoisotopic (exact) mass is 269 g/mol. The fourth-order valence-corrected chi connectivity index (χ4v) is 2.30. The Kier molecular flexibility index (Phi) is 4.44. The number of benzene rings is 1. The van der Waals surface area contributed by atoms with E-state index in [0.29, 0.717) is 22.9 Å². The lowest BCUT2D eigenvalue weighted by atomic mass is 9.95. The summed E-state index contributed by atoms with van der Waals surface area (Å²) >= 11 is 5.87. The minimum absolute atomic E-state index is 0.0850. The minimum atomic E-state index is -0.206. The summed E-state index contributed by atoms with van der Waals surface area (Å²) in [6, 6.07) is 5.13. The predicted molar refractivity (Wildman–Crippen MR) is 70.0 cm³/mol. The fourth-order valence-electron chi connectivity index (χ4n) is 2.12. The first-order chi connectivity index (χ1) is 8.69. The van der Waals surface area contributed by atoms with E-state index in [9.17, 15) is 9.90 Å². The number of carbonyl (C=O) groups excluding carboxylic acids is 1. The zero-order chi connectivity index (χ0) is 13.0. The van der Waals surface area contributed by atoms with Crippen LogP contribution < -0.4 is 10.1 Å². The van der Waals surface area contributed by atoms with Gasteiger partial charge in [0.1, 0.15) is 5.75 Å². The van der Waals surface area contributed by atoms with Crippen LogP contribution in [0.3, 0.4) is 0 Å². The molecule has 0 radical (unpaired) electrons. The van der Waals surface area contributed by atoms with Gasteiger partial charge < -0.3 is 15.2 Å². The molecular formula is C13H16ClNO3. The Morgan fingerprint density at radius 2 is 2.06 bits per heavy atom. The lowest BCUT2D eigenvalue weighted by Gasteiger charge is -2.26. The molecule has 0 aromatic heterocycles. The van der Waals surface area contributed by atoms with Gasteiger partial charge in [-0.15, -0.1) is 0 Å². The first-order valence-electron chi connectivity index (χ1n) is 6.03. The van der Waals surface area contributed by atoms with Crippen LogP contribution in [0, 0.1) is 0 Å². The summed E-state index contributed by atoms with van der Waals surface area (Å²) in [5.74, 6) is 0.618. The maximum Gasteiger partial charge on any atom is 0.211 e. The lowest BCUT2D eigenvalue weighted by Crippen LogP contribution is -2.26. The predicted octanol–water partition coefficient (Wildman–Crippen LogP) is 2.59. The normalized spacial score (nSPS) is 23.4. The van der Waals surface area contributed by atoms with Crippen molar-refractivity contribution in [1.29, 1.82) is 0 Å². The summed E-state index contributed by atoms with van der Waals surface area (Å²) in [4.78, 5) is 10.5.